The van der Waals surface area contributed by atoms with Gasteiger partial charge in [0.2, 0.25) is 0 Å². The van der Waals surface area contributed by atoms with Crippen molar-refractivity contribution in [1.82, 2.24) is 0 Å². The zero-order valence-corrected chi connectivity index (χ0v) is 9.21. The Morgan fingerprint density at radius 2 is 2.07 bits per heavy atom. The van der Waals surface area contributed by atoms with E-state index in [2.05, 4.69) is 6.58 Å². The summed E-state index contributed by atoms with van der Waals surface area (Å²) in [4.78, 5) is 0. The minimum Gasteiger partial charge on any atom is -0.207 e. The Morgan fingerprint density at radius 3 is 2.64 bits per heavy atom. The van der Waals surface area contributed by atoms with Crippen LogP contribution in [0.15, 0.2) is 29.8 Å². The zero-order chi connectivity index (χ0) is 10.6. The topological polar surface area (TPSA) is 0 Å². The van der Waals surface area contributed by atoms with E-state index >= 15 is 0 Å². The van der Waals surface area contributed by atoms with E-state index in [0.29, 0.717) is 10.1 Å². The molecule has 0 saturated carbocycles. The first kappa shape index (κ1) is 11.5. The molecule has 0 N–H and O–H groups in total. The van der Waals surface area contributed by atoms with Crippen LogP contribution in [0.2, 0.25) is 5.02 Å². The quantitative estimate of drug-likeness (QED) is 0.715. The number of hydrogen-bond acceptors (Lipinski definition) is 0. The molecule has 3 heteroatoms. The normalized spacial score (nSPS) is 10.2. The maximum absolute atomic E-state index is 12.9. The molecule has 0 radical (unpaired) electrons. The molecule has 0 fully saturated rings. The van der Waals surface area contributed by atoms with E-state index in [0.717, 1.165) is 24.8 Å². The Morgan fingerprint density at radius 1 is 1.36 bits per heavy atom. The fraction of sp³-hybridized carbons (Fsp3) is 0.273. The monoisotopic (exact) mass is 232 g/mol. The van der Waals surface area contributed by atoms with Crippen LogP contribution < -0.4 is 0 Å². The first-order valence-electron chi connectivity index (χ1n) is 4.36. The van der Waals surface area contributed by atoms with E-state index in [1.165, 1.54) is 12.1 Å². The lowest BCUT2D eigenvalue weighted by Gasteiger charge is -2.01. The fourth-order valence-corrected chi connectivity index (χ4v) is 1.62. The third kappa shape index (κ3) is 4.12. The summed E-state index contributed by atoms with van der Waals surface area (Å²) in [5, 5.41) is 1.07. The first-order valence-corrected chi connectivity index (χ1v) is 5.12. The van der Waals surface area contributed by atoms with Gasteiger partial charge in [0.05, 0.1) is 0 Å². The summed E-state index contributed by atoms with van der Waals surface area (Å²) in [7, 11) is 0. The maximum atomic E-state index is 12.9. The van der Waals surface area contributed by atoms with Crippen molar-refractivity contribution in [3.8, 4) is 0 Å². The maximum Gasteiger partial charge on any atom is 0.124 e. The summed E-state index contributed by atoms with van der Waals surface area (Å²) in [6, 6.07) is 4.55. The highest BCUT2D eigenvalue weighted by Crippen LogP contribution is 2.17. The van der Waals surface area contributed by atoms with E-state index < -0.39 is 0 Å². The van der Waals surface area contributed by atoms with Crippen molar-refractivity contribution in [3.63, 3.8) is 0 Å². The second kappa shape index (κ2) is 5.38. The summed E-state index contributed by atoms with van der Waals surface area (Å²) in [5.41, 5.74) is 0.896. The summed E-state index contributed by atoms with van der Waals surface area (Å²) in [5.74, 6) is -0.294. The average molecular weight is 233 g/mol. The van der Waals surface area contributed by atoms with Crippen molar-refractivity contribution in [2.24, 2.45) is 0 Å². The molecule has 0 bridgehead atoms. The molecular formula is C11H11Cl2F. The van der Waals surface area contributed by atoms with Crippen LogP contribution in [0.25, 0.3) is 0 Å². The number of benzene rings is 1. The molecule has 1 rings (SSSR count). The SMILES string of the molecule is C=C(Cl)CCCc1cc(F)cc(Cl)c1. The molecule has 0 spiro atoms. The predicted molar refractivity (Wildman–Crippen MR) is 59.3 cm³/mol. The van der Waals surface area contributed by atoms with Crippen molar-refractivity contribution >= 4 is 23.2 Å². The third-order valence-corrected chi connectivity index (χ3v) is 2.24. The van der Waals surface area contributed by atoms with Crippen LogP contribution in [0, 0.1) is 5.82 Å². The molecule has 0 aromatic heterocycles. The molecule has 0 aliphatic carbocycles. The minimum absolute atomic E-state index is 0.294. The van der Waals surface area contributed by atoms with Crippen molar-refractivity contribution in [2.75, 3.05) is 0 Å². The second-order valence-electron chi connectivity index (χ2n) is 3.15. The van der Waals surface area contributed by atoms with E-state index in [9.17, 15) is 4.39 Å². The number of rotatable bonds is 4. The number of hydrogen-bond donors (Lipinski definition) is 0. The molecule has 0 nitrogen and oxygen atoms in total. The highest BCUT2D eigenvalue weighted by Gasteiger charge is 1.99. The lowest BCUT2D eigenvalue weighted by molar-refractivity contribution is 0.624. The van der Waals surface area contributed by atoms with Crippen LogP contribution in [0.4, 0.5) is 4.39 Å². The largest absolute Gasteiger partial charge is 0.207 e. The van der Waals surface area contributed by atoms with Gasteiger partial charge in [0.1, 0.15) is 5.82 Å². The first-order chi connectivity index (χ1) is 6.58. The van der Waals surface area contributed by atoms with Gasteiger partial charge in [0.25, 0.3) is 0 Å². The highest BCUT2D eigenvalue weighted by atomic mass is 35.5. The van der Waals surface area contributed by atoms with Crippen LogP contribution in [0.1, 0.15) is 18.4 Å². The van der Waals surface area contributed by atoms with Gasteiger partial charge in [-0.25, -0.2) is 4.39 Å². The summed E-state index contributed by atoms with van der Waals surface area (Å²) >= 11 is 11.3. The summed E-state index contributed by atoms with van der Waals surface area (Å²) < 4.78 is 12.9. The smallest absolute Gasteiger partial charge is 0.124 e. The Labute approximate surface area is 93.3 Å². The van der Waals surface area contributed by atoms with Gasteiger partial charge in [-0.2, -0.15) is 0 Å². The Hall–Kier alpha value is -0.530. The van der Waals surface area contributed by atoms with Crippen molar-refractivity contribution in [3.05, 3.63) is 46.2 Å². The molecule has 1 aromatic rings. The molecular weight excluding hydrogens is 222 g/mol. The van der Waals surface area contributed by atoms with Crippen LogP contribution >= 0.6 is 23.2 Å². The minimum atomic E-state index is -0.294. The van der Waals surface area contributed by atoms with Gasteiger partial charge in [0, 0.05) is 10.1 Å². The molecule has 14 heavy (non-hydrogen) atoms. The zero-order valence-electron chi connectivity index (χ0n) is 7.69. The third-order valence-electron chi connectivity index (χ3n) is 1.84. The van der Waals surface area contributed by atoms with Gasteiger partial charge in [0.15, 0.2) is 0 Å². The van der Waals surface area contributed by atoms with Crippen molar-refractivity contribution < 1.29 is 4.39 Å². The number of allylic oxidation sites excluding steroid dienone is 1. The van der Waals surface area contributed by atoms with Crippen LogP contribution in [0.5, 0.6) is 0 Å². The number of aryl methyl sites for hydroxylation is 1. The number of halogens is 3. The van der Waals surface area contributed by atoms with Crippen molar-refractivity contribution in [1.29, 1.82) is 0 Å². The lowest BCUT2D eigenvalue weighted by atomic mass is 10.1. The molecule has 0 aliphatic rings. The van der Waals surface area contributed by atoms with E-state index in [1.807, 2.05) is 0 Å². The van der Waals surface area contributed by atoms with Crippen LogP contribution in [-0.4, -0.2) is 0 Å². The van der Waals surface area contributed by atoms with Gasteiger partial charge >= 0.3 is 0 Å². The van der Waals surface area contributed by atoms with Gasteiger partial charge in [-0.3, -0.25) is 0 Å². The molecule has 0 saturated heterocycles. The Kier molecular flexibility index (Phi) is 4.43. The highest BCUT2D eigenvalue weighted by molar-refractivity contribution is 6.30. The molecule has 0 heterocycles. The van der Waals surface area contributed by atoms with Gasteiger partial charge in [-0.05, 0) is 43.0 Å². The molecule has 0 aliphatic heterocycles. The van der Waals surface area contributed by atoms with Gasteiger partial charge in [-0.1, -0.05) is 29.8 Å². The molecule has 0 amide bonds. The summed E-state index contributed by atoms with van der Waals surface area (Å²) in [6.07, 6.45) is 2.38. The van der Waals surface area contributed by atoms with Crippen LogP contribution in [-0.2, 0) is 6.42 Å². The van der Waals surface area contributed by atoms with Crippen LogP contribution in [0.3, 0.4) is 0 Å². The Balaban J connectivity index is 2.54. The standard InChI is InChI=1S/C11H11Cl2F/c1-8(12)3-2-4-9-5-10(13)7-11(14)6-9/h5-7H,1-4H2. The van der Waals surface area contributed by atoms with Gasteiger partial charge < -0.3 is 0 Å². The lowest BCUT2D eigenvalue weighted by Crippen LogP contribution is -1.87. The fourth-order valence-electron chi connectivity index (χ4n) is 1.24. The average Bonchev–Trinajstić information content (AvgIpc) is 2.01. The predicted octanol–water partition coefficient (Wildman–Crippen LogP) is 4.55. The molecule has 0 atom stereocenters. The molecule has 0 unspecified atom stereocenters. The molecule has 76 valence electrons. The van der Waals surface area contributed by atoms with Gasteiger partial charge in [-0.15, -0.1) is 0 Å². The molecule has 1 aromatic carbocycles. The summed E-state index contributed by atoms with van der Waals surface area (Å²) in [6.45, 7) is 3.59. The second-order valence-corrected chi connectivity index (χ2v) is 4.12. The van der Waals surface area contributed by atoms with E-state index in [-0.39, 0.29) is 5.82 Å². The van der Waals surface area contributed by atoms with E-state index in [1.54, 1.807) is 6.07 Å². The van der Waals surface area contributed by atoms with Crippen molar-refractivity contribution in [2.45, 2.75) is 19.3 Å². The Bertz CT molecular complexity index is 314. The van der Waals surface area contributed by atoms with E-state index in [4.69, 9.17) is 23.2 Å².